The van der Waals surface area contributed by atoms with Crippen LogP contribution < -0.4 is 5.73 Å². The molecule has 0 atom stereocenters. The van der Waals surface area contributed by atoms with E-state index < -0.39 is 5.54 Å². The summed E-state index contributed by atoms with van der Waals surface area (Å²) in [6, 6.07) is 5.78. The van der Waals surface area contributed by atoms with Gasteiger partial charge in [-0.3, -0.25) is 0 Å². The lowest BCUT2D eigenvalue weighted by Crippen LogP contribution is -2.34. The third kappa shape index (κ3) is 2.63. The summed E-state index contributed by atoms with van der Waals surface area (Å²) in [4.78, 5) is 9.44. The maximum Gasteiger partial charge on any atom is 0.258 e. The van der Waals surface area contributed by atoms with Crippen LogP contribution in [0.5, 0.6) is 0 Å². The molecular formula is C20H22N6O2. The topological polar surface area (TPSA) is 109 Å². The predicted molar refractivity (Wildman–Crippen MR) is 103 cm³/mol. The van der Waals surface area contributed by atoms with Crippen LogP contribution in [-0.2, 0) is 5.54 Å². The summed E-state index contributed by atoms with van der Waals surface area (Å²) in [5.74, 6) is 1.67. The Morgan fingerprint density at radius 3 is 2.75 bits per heavy atom. The van der Waals surface area contributed by atoms with Crippen LogP contribution in [-0.4, -0.2) is 24.9 Å². The molecule has 0 radical (unpaired) electrons. The first-order valence-electron chi connectivity index (χ1n) is 9.61. The van der Waals surface area contributed by atoms with Gasteiger partial charge in [-0.2, -0.15) is 10.1 Å². The smallest absolute Gasteiger partial charge is 0.258 e. The molecule has 0 saturated heterocycles. The summed E-state index contributed by atoms with van der Waals surface area (Å²) < 4.78 is 13.1. The minimum atomic E-state index is -0.500. The van der Waals surface area contributed by atoms with Crippen LogP contribution in [0, 0.1) is 0 Å². The molecule has 2 N–H and O–H groups in total. The Hall–Kier alpha value is -3.00. The van der Waals surface area contributed by atoms with E-state index in [-0.39, 0.29) is 6.04 Å². The van der Waals surface area contributed by atoms with E-state index in [4.69, 9.17) is 19.7 Å². The minimum absolute atomic E-state index is 0.161. The van der Waals surface area contributed by atoms with Gasteiger partial charge in [0, 0.05) is 6.04 Å². The number of hydrogen-bond donors (Lipinski definition) is 1. The van der Waals surface area contributed by atoms with Gasteiger partial charge in [-0.1, -0.05) is 18.0 Å². The molecule has 1 saturated carbocycles. The molecule has 0 spiro atoms. The average molecular weight is 378 g/mol. The Bertz CT molecular complexity index is 1120. The molecular weight excluding hydrogens is 356 g/mol. The van der Waals surface area contributed by atoms with Gasteiger partial charge >= 0.3 is 0 Å². The first-order valence-corrected chi connectivity index (χ1v) is 9.61. The highest BCUT2D eigenvalue weighted by molar-refractivity contribution is 5.92. The second-order valence-electron chi connectivity index (χ2n) is 7.74. The van der Waals surface area contributed by atoms with E-state index in [1.807, 2.05) is 22.9 Å². The van der Waals surface area contributed by atoms with Gasteiger partial charge in [-0.05, 0) is 44.9 Å². The van der Waals surface area contributed by atoms with Crippen molar-refractivity contribution in [3.05, 3.63) is 36.5 Å². The van der Waals surface area contributed by atoms with Crippen molar-refractivity contribution in [1.82, 2.24) is 24.9 Å². The maximum absolute atomic E-state index is 6.51. The molecule has 0 bridgehead atoms. The Kier molecular flexibility index (Phi) is 3.83. The minimum Gasteiger partial charge on any atom is -0.463 e. The van der Waals surface area contributed by atoms with Crippen LogP contribution in [0.1, 0.15) is 51.4 Å². The lowest BCUT2D eigenvalue weighted by atomic mass is 9.98. The maximum atomic E-state index is 6.51. The standard InChI is InChI=1S/C20H22N6O2/c1-12(2)26-17-14(11-22-26)13(10-15(23-17)16-6-5-9-27-16)18-24-19(25-28-18)20(21)7-3-4-8-20/h5-6,9-12H,3-4,7-8,21H2,1-2H3. The lowest BCUT2D eigenvalue weighted by Gasteiger charge is -2.17. The molecule has 8 heteroatoms. The van der Waals surface area contributed by atoms with Crippen molar-refractivity contribution in [3.63, 3.8) is 0 Å². The van der Waals surface area contributed by atoms with Gasteiger partial charge in [0.2, 0.25) is 0 Å². The number of nitrogens with two attached hydrogens (primary N) is 1. The number of hydrogen-bond acceptors (Lipinski definition) is 7. The highest BCUT2D eigenvalue weighted by atomic mass is 16.5. The number of rotatable bonds is 4. The molecule has 8 nitrogen and oxygen atoms in total. The van der Waals surface area contributed by atoms with E-state index in [1.54, 1.807) is 12.5 Å². The highest BCUT2D eigenvalue weighted by Gasteiger charge is 2.36. The number of nitrogens with zero attached hydrogens (tertiary/aromatic N) is 5. The number of aromatic nitrogens is 5. The molecule has 1 fully saturated rings. The van der Waals surface area contributed by atoms with Crippen LogP contribution in [0.15, 0.2) is 39.6 Å². The van der Waals surface area contributed by atoms with E-state index in [0.717, 1.165) is 42.3 Å². The van der Waals surface area contributed by atoms with Crippen molar-refractivity contribution < 1.29 is 8.94 Å². The Labute approximate surface area is 161 Å². The van der Waals surface area contributed by atoms with Crippen LogP contribution in [0.25, 0.3) is 33.9 Å². The van der Waals surface area contributed by atoms with Gasteiger partial charge < -0.3 is 14.7 Å². The molecule has 0 aromatic carbocycles. The monoisotopic (exact) mass is 378 g/mol. The number of furan rings is 1. The normalized spacial score (nSPS) is 16.4. The van der Waals surface area contributed by atoms with Crippen LogP contribution in [0.4, 0.5) is 0 Å². The first-order chi connectivity index (χ1) is 13.5. The van der Waals surface area contributed by atoms with Gasteiger partial charge in [-0.15, -0.1) is 0 Å². The van der Waals surface area contributed by atoms with Gasteiger partial charge in [0.15, 0.2) is 17.2 Å². The molecule has 1 aliphatic rings. The molecule has 0 amide bonds. The third-order valence-corrected chi connectivity index (χ3v) is 5.43. The fraction of sp³-hybridized carbons (Fsp3) is 0.400. The molecule has 4 aromatic heterocycles. The van der Waals surface area contributed by atoms with E-state index in [1.165, 1.54) is 0 Å². The highest BCUT2D eigenvalue weighted by Crippen LogP contribution is 2.37. The van der Waals surface area contributed by atoms with Gasteiger partial charge in [0.05, 0.1) is 28.9 Å². The summed E-state index contributed by atoms with van der Waals surface area (Å²) in [5, 5.41) is 9.57. The molecule has 0 unspecified atom stereocenters. The van der Waals surface area contributed by atoms with Crippen LogP contribution in [0.3, 0.4) is 0 Å². The van der Waals surface area contributed by atoms with Crippen molar-refractivity contribution in [2.75, 3.05) is 0 Å². The fourth-order valence-electron chi connectivity index (χ4n) is 3.89. The van der Waals surface area contributed by atoms with Crippen LogP contribution in [0.2, 0.25) is 0 Å². The van der Waals surface area contributed by atoms with Crippen LogP contribution >= 0.6 is 0 Å². The first kappa shape index (κ1) is 17.1. The molecule has 4 aromatic rings. The Morgan fingerprint density at radius 1 is 1.21 bits per heavy atom. The quantitative estimate of drug-likeness (QED) is 0.570. The zero-order valence-corrected chi connectivity index (χ0v) is 15.9. The second-order valence-corrected chi connectivity index (χ2v) is 7.74. The largest absolute Gasteiger partial charge is 0.463 e. The zero-order chi connectivity index (χ0) is 19.3. The SMILES string of the molecule is CC(C)n1ncc2c(-c3nc(C4(N)CCCC4)no3)cc(-c3ccco3)nc21. The second kappa shape index (κ2) is 6.27. The van der Waals surface area contributed by atoms with Crippen molar-refractivity contribution >= 4 is 11.0 Å². The number of pyridine rings is 1. The van der Waals surface area contributed by atoms with Crippen molar-refractivity contribution in [2.45, 2.75) is 51.1 Å². The third-order valence-electron chi connectivity index (χ3n) is 5.43. The Balaban J connectivity index is 1.69. The summed E-state index contributed by atoms with van der Waals surface area (Å²) >= 11 is 0. The van der Waals surface area contributed by atoms with E-state index in [0.29, 0.717) is 23.2 Å². The summed E-state index contributed by atoms with van der Waals surface area (Å²) in [6.07, 6.45) is 7.35. The summed E-state index contributed by atoms with van der Waals surface area (Å²) in [6.45, 7) is 4.13. The van der Waals surface area contributed by atoms with E-state index in [9.17, 15) is 0 Å². The fourth-order valence-corrected chi connectivity index (χ4v) is 3.89. The molecule has 144 valence electrons. The van der Waals surface area contributed by atoms with Crippen molar-refractivity contribution in [3.8, 4) is 22.9 Å². The van der Waals surface area contributed by atoms with Gasteiger partial charge in [-0.25, -0.2) is 9.67 Å². The molecule has 0 aliphatic heterocycles. The molecule has 5 rings (SSSR count). The Morgan fingerprint density at radius 2 is 2.04 bits per heavy atom. The lowest BCUT2D eigenvalue weighted by molar-refractivity contribution is 0.373. The van der Waals surface area contributed by atoms with E-state index >= 15 is 0 Å². The molecule has 4 heterocycles. The summed E-state index contributed by atoms with van der Waals surface area (Å²) in [5.41, 5.74) is 8.23. The zero-order valence-electron chi connectivity index (χ0n) is 15.9. The predicted octanol–water partition coefficient (Wildman–Crippen LogP) is 4.05. The number of fused-ring (bicyclic) bond motifs is 1. The van der Waals surface area contributed by atoms with Gasteiger partial charge in [0.1, 0.15) is 5.69 Å². The summed E-state index contributed by atoms with van der Waals surface area (Å²) in [7, 11) is 0. The molecule has 1 aliphatic carbocycles. The van der Waals surface area contributed by atoms with Crippen molar-refractivity contribution in [2.24, 2.45) is 5.73 Å². The van der Waals surface area contributed by atoms with Crippen molar-refractivity contribution in [1.29, 1.82) is 0 Å². The van der Waals surface area contributed by atoms with Gasteiger partial charge in [0.25, 0.3) is 5.89 Å². The average Bonchev–Trinajstić information content (AvgIpc) is 3.46. The molecule has 28 heavy (non-hydrogen) atoms. The van der Waals surface area contributed by atoms with E-state index in [2.05, 4.69) is 29.1 Å².